The summed E-state index contributed by atoms with van der Waals surface area (Å²) in [5, 5.41) is 20.1. The van der Waals surface area contributed by atoms with Crippen molar-refractivity contribution in [1.82, 2.24) is 5.32 Å². The zero-order chi connectivity index (χ0) is 12.0. The molecule has 2 N–H and O–H groups in total. The summed E-state index contributed by atoms with van der Waals surface area (Å²) in [6.45, 7) is 0.322. The van der Waals surface area contributed by atoms with Crippen LogP contribution in [0.4, 0.5) is 4.39 Å². The Labute approximate surface area is 92.3 Å². The first-order chi connectivity index (χ1) is 7.65. The quantitative estimate of drug-likeness (QED) is 0.759. The summed E-state index contributed by atoms with van der Waals surface area (Å²) < 4.78 is 12.8. The lowest BCUT2D eigenvalue weighted by Gasteiger charge is -2.05. The van der Waals surface area contributed by atoms with Gasteiger partial charge in [-0.1, -0.05) is 0 Å². The van der Waals surface area contributed by atoms with Gasteiger partial charge in [-0.3, -0.25) is 4.79 Å². The van der Waals surface area contributed by atoms with E-state index in [-0.39, 0.29) is 11.3 Å². The number of hydrogen-bond acceptors (Lipinski definition) is 3. The van der Waals surface area contributed by atoms with Crippen LogP contribution in [0.25, 0.3) is 0 Å². The third kappa shape index (κ3) is 3.24. The smallest absolute Gasteiger partial charge is 0.255 e. The molecule has 0 bridgehead atoms. The summed E-state index contributed by atoms with van der Waals surface area (Å²) in [4.78, 5) is 11.5. The van der Waals surface area contributed by atoms with Crippen molar-refractivity contribution in [2.24, 2.45) is 0 Å². The number of halogens is 1. The molecule has 0 fully saturated rings. The minimum Gasteiger partial charge on any atom is -0.507 e. The second-order valence-corrected chi connectivity index (χ2v) is 3.18. The predicted molar refractivity (Wildman–Crippen MR) is 55.2 cm³/mol. The molecule has 5 heteroatoms. The summed E-state index contributed by atoms with van der Waals surface area (Å²) >= 11 is 0. The summed E-state index contributed by atoms with van der Waals surface area (Å²) in [5.74, 6) is -1.39. The van der Waals surface area contributed by atoms with E-state index in [0.717, 1.165) is 18.2 Å². The number of carbonyl (C=O) groups excluding carboxylic acids is 1. The zero-order valence-electron chi connectivity index (χ0n) is 8.53. The van der Waals surface area contributed by atoms with E-state index in [0.29, 0.717) is 19.4 Å². The molecule has 0 heterocycles. The fourth-order valence-electron chi connectivity index (χ4n) is 1.15. The molecule has 4 nitrogen and oxygen atoms in total. The Bertz CT molecular complexity index is 426. The van der Waals surface area contributed by atoms with E-state index in [2.05, 4.69) is 5.32 Å². The molecule has 0 unspecified atom stereocenters. The highest BCUT2D eigenvalue weighted by Crippen LogP contribution is 2.17. The number of phenolic OH excluding ortho intramolecular Hbond substituents is 1. The zero-order valence-corrected chi connectivity index (χ0v) is 8.53. The van der Waals surface area contributed by atoms with Gasteiger partial charge in [-0.2, -0.15) is 5.26 Å². The van der Waals surface area contributed by atoms with E-state index >= 15 is 0 Å². The first kappa shape index (κ1) is 12.0. The van der Waals surface area contributed by atoms with E-state index in [4.69, 9.17) is 5.26 Å². The van der Waals surface area contributed by atoms with Gasteiger partial charge in [-0.15, -0.1) is 0 Å². The lowest BCUT2D eigenvalue weighted by atomic mass is 10.2. The third-order valence-electron chi connectivity index (χ3n) is 1.95. The summed E-state index contributed by atoms with van der Waals surface area (Å²) in [7, 11) is 0. The average molecular weight is 222 g/mol. The van der Waals surface area contributed by atoms with E-state index in [1.54, 1.807) is 0 Å². The number of phenols is 1. The van der Waals surface area contributed by atoms with Crippen molar-refractivity contribution in [3.63, 3.8) is 0 Å². The van der Waals surface area contributed by atoms with Crippen LogP contribution in [0.1, 0.15) is 23.2 Å². The molecule has 0 aliphatic heterocycles. The van der Waals surface area contributed by atoms with Gasteiger partial charge in [-0.25, -0.2) is 4.39 Å². The number of nitrogens with zero attached hydrogens (tertiary/aromatic N) is 1. The Morgan fingerprint density at radius 2 is 2.31 bits per heavy atom. The Hall–Kier alpha value is -2.09. The molecule has 0 saturated carbocycles. The first-order valence-electron chi connectivity index (χ1n) is 4.79. The van der Waals surface area contributed by atoms with Crippen LogP contribution in [-0.2, 0) is 0 Å². The minimum absolute atomic E-state index is 0.100. The maximum Gasteiger partial charge on any atom is 0.255 e. The van der Waals surface area contributed by atoms with Gasteiger partial charge in [0.1, 0.15) is 11.6 Å². The van der Waals surface area contributed by atoms with Crippen LogP contribution in [-0.4, -0.2) is 17.6 Å². The van der Waals surface area contributed by atoms with E-state index in [9.17, 15) is 14.3 Å². The van der Waals surface area contributed by atoms with E-state index < -0.39 is 11.7 Å². The number of unbranched alkanes of at least 4 members (excludes halogenated alkanes) is 1. The topological polar surface area (TPSA) is 73.1 Å². The van der Waals surface area contributed by atoms with Crippen molar-refractivity contribution in [2.75, 3.05) is 6.54 Å². The monoisotopic (exact) mass is 222 g/mol. The molecular formula is C11H11FN2O2. The standard InChI is InChI=1S/C11H11FN2O2/c12-8-3-4-10(15)9(7-8)11(16)14-6-2-1-5-13/h3-4,7,15H,1-2,6H2,(H,14,16). The highest BCUT2D eigenvalue weighted by atomic mass is 19.1. The number of aromatic hydroxyl groups is 1. The molecule has 0 aliphatic carbocycles. The lowest BCUT2D eigenvalue weighted by Crippen LogP contribution is -2.24. The Balaban J connectivity index is 2.59. The van der Waals surface area contributed by atoms with Crippen LogP contribution < -0.4 is 5.32 Å². The average Bonchev–Trinajstić information content (AvgIpc) is 2.27. The van der Waals surface area contributed by atoms with Crippen molar-refractivity contribution < 1.29 is 14.3 Å². The van der Waals surface area contributed by atoms with Crippen molar-refractivity contribution in [1.29, 1.82) is 5.26 Å². The highest BCUT2D eigenvalue weighted by molar-refractivity contribution is 5.96. The molecule has 0 radical (unpaired) electrons. The van der Waals surface area contributed by atoms with Gasteiger partial charge < -0.3 is 10.4 Å². The first-order valence-corrected chi connectivity index (χ1v) is 4.79. The van der Waals surface area contributed by atoms with Gasteiger partial charge >= 0.3 is 0 Å². The SMILES string of the molecule is N#CCCCNC(=O)c1cc(F)ccc1O. The number of nitriles is 1. The molecule has 1 aromatic carbocycles. The minimum atomic E-state index is -0.583. The van der Waals surface area contributed by atoms with Crippen LogP contribution in [0.5, 0.6) is 5.75 Å². The molecular weight excluding hydrogens is 211 g/mol. The molecule has 16 heavy (non-hydrogen) atoms. The number of hydrogen-bond donors (Lipinski definition) is 2. The predicted octanol–water partition coefficient (Wildman–Crippen LogP) is 1.56. The van der Waals surface area contributed by atoms with Crippen molar-refractivity contribution in [3.05, 3.63) is 29.6 Å². The summed E-state index contributed by atoms with van der Waals surface area (Å²) in [6, 6.07) is 5.10. The number of benzene rings is 1. The van der Waals surface area contributed by atoms with Crippen molar-refractivity contribution in [3.8, 4) is 11.8 Å². The van der Waals surface area contributed by atoms with Crippen LogP contribution in [0.3, 0.4) is 0 Å². The van der Waals surface area contributed by atoms with Gasteiger partial charge in [0, 0.05) is 13.0 Å². The molecule has 1 rings (SSSR count). The van der Waals surface area contributed by atoms with Gasteiger partial charge in [-0.05, 0) is 24.6 Å². The Kier molecular flexibility index (Phi) is 4.28. The van der Waals surface area contributed by atoms with Crippen molar-refractivity contribution >= 4 is 5.91 Å². The number of rotatable bonds is 4. The number of nitrogens with one attached hydrogen (secondary N) is 1. The summed E-state index contributed by atoms with van der Waals surface area (Å²) in [5.41, 5.74) is -0.100. The Morgan fingerprint density at radius 3 is 3.00 bits per heavy atom. The molecule has 0 aliphatic rings. The molecule has 84 valence electrons. The third-order valence-corrected chi connectivity index (χ3v) is 1.95. The van der Waals surface area contributed by atoms with Gasteiger partial charge in [0.05, 0.1) is 11.6 Å². The lowest BCUT2D eigenvalue weighted by molar-refractivity contribution is 0.0950. The molecule has 1 aromatic rings. The van der Waals surface area contributed by atoms with Gasteiger partial charge in [0.25, 0.3) is 5.91 Å². The van der Waals surface area contributed by atoms with Gasteiger partial charge in [0.2, 0.25) is 0 Å². The molecule has 0 spiro atoms. The maximum atomic E-state index is 12.8. The van der Waals surface area contributed by atoms with Crippen LogP contribution in [0, 0.1) is 17.1 Å². The fourth-order valence-corrected chi connectivity index (χ4v) is 1.15. The Morgan fingerprint density at radius 1 is 1.56 bits per heavy atom. The second kappa shape index (κ2) is 5.71. The normalized spacial score (nSPS) is 9.50. The molecule has 0 atom stereocenters. The summed E-state index contributed by atoms with van der Waals surface area (Å²) in [6.07, 6.45) is 0.869. The number of carbonyl (C=O) groups is 1. The van der Waals surface area contributed by atoms with Crippen molar-refractivity contribution in [2.45, 2.75) is 12.8 Å². The van der Waals surface area contributed by atoms with Crippen LogP contribution in [0.15, 0.2) is 18.2 Å². The van der Waals surface area contributed by atoms with E-state index in [1.165, 1.54) is 0 Å². The highest BCUT2D eigenvalue weighted by Gasteiger charge is 2.11. The van der Waals surface area contributed by atoms with E-state index in [1.807, 2.05) is 6.07 Å². The van der Waals surface area contributed by atoms with Crippen LogP contribution >= 0.6 is 0 Å². The maximum absolute atomic E-state index is 12.8. The van der Waals surface area contributed by atoms with Gasteiger partial charge in [0.15, 0.2) is 0 Å². The second-order valence-electron chi connectivity index (χ2n) is 3.18. The molecule has 0 aromatic heterocycles. The van der Waals surface area contributed by atoms with Crippen LogP contribution in [0.2, 0.25) is 0 Å². The molecule has 1 amide bonds. The number of amides is 1. The fraction of sp³-hybridized carbons (Fsp3) is 0.273. The molecule has 0 saturated heterocycles. The largest absolute Gasteiger partial charge is 0.507 e.